The molecule has 2 aliphatic rings. The summed E-state index contributed by atoms with van der Waals surface area (Å²) >= 11 is 0. The van der Waals surface area contributed by atoms with Gasteiger partial charge in [0.15, 0.2) is 0 Å². The summed E-state index contributed by atoms with van der Waals surface area (Å²) in [6.45, 7) is 2.65. The maximum atomic E-state index is 14.3. The van der Waals surface area contributed by atoms with Crippen molar-refractivity contribution >= 4 is 23.2 Å². The third-order valence-corrected chi connectivity index (χ3v) is 4.06. The molecule has 3 N–H and O–H groups in total. The first kappa shape index (κ1) is 15.7. The van der Waals surface area contributed by atoms with Crippen molar-refractivity contribution < 1.29 is 18.4 Å². The molecule has 8 heteroatoms. The van der Waals surface area contributed by atoms with Crippen molar-refractivity contribution in [2.75, 3.05) is 36.4 Å². The first-order valence-electron chi connectivity index (χ1n) is 7.59. The Morgan fingerprint density at radius 2 is 1.87 bits per heavy atom. The maximum absolute atomic E-state index is 14.3. The Bertz CT molecular complexity index is 632. The molecule has 2 aliphatic heterocycles. The van der Waals surface area contributed by atoms with Crippen LogP contribution in [0.1, 0.15) is 12.8 Å². The zero-order valence-corrected chi connectivity index (χ0v) is 12.5. The van der Waals surface area contributed by atoms with Crippen LogP contribution in [0.5, 0.6) is 0 Å². The standard InChI is InChI=1S/C15H18F2N4O2/c16-9-8-13(21-5-3-18-4-6-21)10(17)7-12(9)19-11-1-2-14(22)20-15(11)23/h7-8,11,18-19H,1-6H2,(H,20,22,23). The highest BCUT2D eigenvalue weighted by Gasteiger charge is 2.27. The Morgan fingerprint density at radius 3 is 2.57 bits per heavy atom. The van der Waals surface area contributed by atoms with Crippen molar-refractivity contribution in [3.05, 3.63) is 23.8 Å². The normalized spacial score (nSPS) is 22.0. The molecule has 2 saturated heterocycles. The van der Waals surface area contributed by atoms with Crippen molar-refractivity contribution in [2.45, 2.75) is 18.9 Å². The van der Waals surface area contributed by atoms with E-state index in [0.29, 0.717) is 13.1 Å². The maximum Gasteiger partial charge on any atom is 0.249 e. The number of nitrogens with zero attached hydrogens (tertiary/aromatic N) is 1. The van der Waals surface area contributed by atoms with Crippen molar-refractivity contribution in [3.63, 3.8) is 0 Å². The van der Waals surface area contributed by atoms with Gasteiger partial charge in [0.05, 0.1) is 11.4 Å². The number of imide groups is 1. The summed E-state index contributed by atoms with van der Waals surface area (Å²) in [5.74, 6) is -2.03. The van der Waals surface area contributed by atoms with E-state index in [1.165, 1.54) is 0 Å². The fourth-order valence-electron chi connectivity index (χ4n) is 2.81. The van der Waals surface area contributed by atoms with Crippen LogP contribution in [0.25, 0.3) is 0 Å². The minimum absolute atomic E-state index is 0.0733. The largest absolute Gasteiger partial charge is 0.371 e. The molecule has 3 rings (SSSR count). The molecule has 0 spiro atoms. The number of hydrogen-bond acceptors (Lipinski definition) is 5. The van der Waals surface area contributed by atoms with Crippen LogP contribution in [0, 0.1) is 11.6 Å². The highest BCUT2D eigenvalue weighted by molar-refractivity contribution is 6.01. The lowest BCUT2D eigenvalue weighted by molar-refractivity contribution is -0.133. The Hall–Kier alpha value is -2.22. The molecular weight excluding hydrogens is 306 g/mol. The average molecular weight is 324 g/mol. The van der Waals surface area contributed by atoms with Gasteiger partial charge in [-0.15, -0.1) is 0 Å². The van der Waals surface area contributed by atoms with E-state index >= 15 is 0 Å². The van der Waals surface area contributed by atoms with Crippen LogP contribution in [0.15, 0.2) is 12.1 Å². The Balaban J connectivity index is 1.77. The van der Waals surface area contributed by atoms with Crippen LogP contribution >= 0.6 is 0 Å². The van der Waals surface area contributed by atoms with Gasteiger partial charge in [-0.3, -0.25) is 14.9 Å². The third kappa shape index (κ3) is 3.42. The van der Waals surface area contributed by atoms with Crippen LogP contribution in [0.4, 0.5) is 20.2 Å². The number of carbonyl (C=O) groups is 2. The predicted molar refractivity (Wildman–Crippen MR) is 81.2 cm³/mol. The quantitative estimate of drug-likeness (QED) is 0.710. The highest BCUT2D eigenvalue weighted by atomic mass is 19.1. The van der Waals surface area contributed by atoms with Gasteiger partial charge in [0.2, 0.25) is 11.8 Å². The molecule has 0 saturated carbocycles. The van der Waals surface area contributed by atoms with Crippen LogP contribution in [0.3, 0.4) is 0 Å². The zero-order chi connectivity index (χ0) is 16.4. The predicted octanol–water partition coefficient (Wildman–Crippen LogP) is 0.591. The van der Waals surface area contributed by atoms with Crippen molar-refractivity contribution in [1.82, 2.24) is 10.6 Å². The third-order valence-electron chi connectivity index (χ3n) is 4.06. The average Bonchev–Trinajstić information content (AvgIpc) is 2.54. The Labute approximate surface area is 132 Å². The summed E-state index contributed by atoms with van der Waals surface area (Å²) in [6, 6.07) is 1.47. The van der Waals surface area contributed by atoms with Gasteiger partial charge in [0.1, 0.15) is 17.7 Å². The fourth-order valence-corrected chi connectivity index (χ4v) is 2.81. The molecule has 0 bridgehead atoms. The zero-order valence-electron chi connectivity index (χ0n) is 12.5. The number of benzene rings is 1. The molecule has 2 fully saturated rings. The monoisotopic (exact) mass is 324 g/mol. The number of amides is 2. The first-order chi connectivity index (χ1) is 11.0. The van der Waals surface area contributed by atoms with Gasteiger partial charge >= 0.3 is 0 Å². The summed E-state index contributed by atoms with van der Waals surface area (Å²) in [7, 11) is 0. The van der Waals surface area contributed by atoms with Crippen molar-refractivity contribution in [1.29, 1.82) is 0 Å². The second-order valence-corrected chi connectivity index (χ2v) is 5.67. The van der Waals surface area contributed by atoms with E-state index in [1.54, 1.807) is 4.90 Å². The van der Waals surface area contributed by atoms with E-state index in [-0.39, 0.29) is 30.1 Å². The summed E-state index contributed by atoms with van der Waals surface area (Å²) in [4.78, 5) is 24.6. The van der Waals surface area contributed by atoms with E-state index in [4.69, 9.17) is 0 Å². The molecule has 1 atom stereocenters. The number of hydrogen-bond donors (Lipinski definition) is 3. The van der Waals surface area contributed by atoms with Crippen molar-refractivity contribution in [2.24, 2.45) is 0 Å². The molecule has 2 amide bonds. The Kier molecular flexibility index (Phi) is 4.42. The van der Waals surface area contributed by atoms with Gasteiger partial charge < -0.3 is 15.5 Å². The molecular formula is C15H18F2N4O2. The SMILES string of the molecule is O=C1CCC(Nc2cc(F)c(N3CCNCC3)cc2F)C(=O)N1. The number of carbonyl (C=O) groups excluding carboxylic acids is 2. The van der Waals surface area contributed by atoms with E-state index in [9.17, 15) is 18.4 Å². The molecule has 124 valence electrons. The van der Waals surface area contributed by atoms with Crippen molar-refractivity contribution in [3.8, 4) is 0 Å². The molecule has 0 radical (unpaired) electrons. The number of anilines is 2. The smallest absolute Gasteiger partial charge is 0.249 e. The van der Waals surface area contributed by atoms with E-state index in [0.717, 1.165) is 25.2 Å². The number of halogens is 2. The summed E-state index contributed by atoms with van der Waals surface area (Å²) in [5.41, 5.74) is 0.147. The van der Waals surface area contributed by atoms with E-state index in [2.05, 4.69) is 16.0 Å². The molecule has 23 heavy (non-hydrogen) atoms. The highest BCUT2D eigenvalue weighted by Crippen LogP contribution is 2.27. The fraction of sp³-hybridized carbons (Fsp3) is 0.467. The molecule has 2 heterocycles. The van der Waals surface area contributed by atoms with Gasteiger partial charge in [-0.25, -0.2) is 8.78 Å². The lowest BCUT2D eigenvalue weighted by Gasteiger charge is -2.30. The molecule has 1 aromatic rings. The van der Waals surface area contributed by atoms with E-state index in [1.807, 2.05) is 0 Å². The summed E-state index contributed by atoms with van der Waals surface area (Å²) in [5, 5.41) is 8.01. The number of nitrogens with one attached hydrogen (secondary N) is 3. The number of piperazine rings is 1. The molecule has 1 unspecified atom stereocenters. The van der Waals surface area contributed by atoms with Gasteiger partial charge in [-0.05, 0) is 6.42 Å². The van der Waals surface area contributed by atoms with E-state index < -0.39 is 23.6 Å². The molecule has 6 nitrogen and oxygen atoms in total. The lowest BCUT2D eigenvalue weighted by Crippen LogP contribution is -2.47. The van der Waals surface area contributed by atoms with Crippen LogP contribution < -0.4 is 20.9 Å². The summed E-state index contributed by atoms with van der Waals surface area (Å²) in [6.07, 6.45) is 0.428. The van der Waals surface area contributed by atoms with Gasteiger partial charge in [0, 0.05) is 44.7 Å². The van der Waals surface area contributed by atoms with Gasteiger partial charge in [-0.1, -0.05) is 0 Å². The van der Waals surface area contributed by atoms with Crippen LogP contribution in [-0.4, -0.2) is 44.0 Å². The van der Waals surface area contributed by atoms with Crippen LogP contribution in [0.2, 0.25) is 0 Å². The number of rotatable bonds is 3. The topological polar surface area (TPSA) is 73.5 Å². The summed E-state index contributed by atoms with van der Waals surface area (Å²) < 4.78 is 28.6. The molecule has 0 aromatic heterocycles. The lowest BCUT2D eigenvalue weighted by atomic mass is 10.1. The Morgan fingerprint density at radius 1 is 1.13 bits per heavy atom. The molecule has 0 aliphatic carbocycles. The minimum Gasteiger partial charge on any atom is -0.371 e. The first-order valence-corrected chi connectivity index (χ1v) is 7.59. The number of piperidine rings is 1. The van der Waals surface area contributed by atoms with Crippen LogP contribution in [-0.2, 0) is 9.59 Å². The van der Waals surface area contributed by atoms with Gasteiger partial charge in [0.25, 0.3) is 0 Å². The minimum atomic E-state index is -0.744. The second kappa shape index (κ2) is 6.49. The van der Waals surface area contributed by atoms with Gasteiger partial charge in [-0.2, -0.15) is 0 Å². The molecule has 1 aromatic carbocycles. The second-order valence-electron chi connectivity index (χ2n) is 5.67.